The molecule has 0 fully saturated rings. The summed E-state index contributed by atoms with van der Waals surface area (Å²) in [7, 11) is 6.65. The third-order valence-electron chi connectivity index (χ3n) is 2.17. The molecule has 1 aromatic carbocycles. The van der Waals surface area contributed by atoms with Gasteiger partial charge in [-0.1, -0.05) is 17.7 Å². The molecule has 2 nitrogen and oxygen atoms in total. The van der Waals surface area contributed by atoms with Crippen LogP contribution in [0.25, 0.3) is 0 Å². The fraction of sp³-hybridized carbons (Fsp3) is 0.400. The van der Waals surface area contributed by atoms with Crippen molar-refractivity contribution in [2.45, 2.75) is 11.8 Å². The standard InChI is InChI=1S/C10H12ClFNOSi/c1-13(2)10(14,15)6-7-3-4-8(11)9(12)5-7/h3-5,14H,6H2,1-2H3. The van der Waals surface area contributed by atoms with Crippen LogP contribution in [0.2, 0.25) is 5.02 Å². The van der Waals surface area contributed by atoms with Crippen LogP contribution in [-0.2, 0) is 6.42 Å². The van der Waals surface area contributed by atoms with Crippen molar-refractivity contribution >= 4 is 21.8 Å². The number of hydrogen-bond acceptors (Lipinski definition) is 2. The van der Waals surface area contributed by atoms with Crippen LogP contribution in [0.1, 0.15) is 5.56 Å². The summed E-state index contributed by atoms with van der Waals surface area (Å²) < 4.78 is 13.1. The van der Waals surface area contributed by atoms with E-state index in [1.807, 2.05) is 0 Å². The Morgan fingerprint density at radius 1 is 1.53 bits per heavy atom. The highest BCUT2D eigenvalue weighted by Crippen LogP contribution is 2.19. The Morgan fingerprint density at radius 2 is 2.13 bits per heavy atom. The van der Waals surface area contributed by atoms with Crippen molar-refractivity contribution in [3.8, 4) is 0 Å². The third kappa shape index (κ3) is 3.27. The summed E-state index contributed by atoms with van der Waals surface area (Å²) >= 11 is 5.55. The van der Waals surface area contributed by atoms with Crippen molar-refractivity contribution in [1.82, 2.24) is 4.90 Å². The molecular formula is C10H12ClFNOSi. The molecule has 0 saturated heterocycles. The summed E-state index contributed by atoms with van der Waals surface area (Å²) in [6.07, 6.45) is 0.269. The first kappa shape index (κ1) is 12.6. The molecule has 0 bridgehead atoms. The van der Waals surface area contributed by atoms with E-state index in [4.69, 9.17) is 11.6 Å². The molecule has 0 spiro atoms. The van der Waals surface area contributed by atoms with Crippen LogP contribution >= 0.6 is 11.6 Å². The van der Waals surface area contributed by atoms with Crippen molar-refractivity contribution < 1.29 is 9.50 Å². The van der Waals surface area contributed by atoms with Gasteiger partial charge in [0, 0.05) is 6.42 Å². The molecule has 0 aliphatic carbocycles. The summed E-state index contributed by atoms with van der Waals surface area (Å²) in [6.45, 7) is 0. The van der Waals surface area contributed by atoms with Crippen molar-refractivity contribution in [3.05, 3.63) is 34.6 Å². The number of likely N-dealkylation sites (N-methyl/N-ethyl adjacent to an activating group) is 1. The van der Waals surface area contributed by atoms with Gasteiger partial charge in [0.2, 0.25) is 0 Å². The lowest BCUT2D eigenvalue weighted by molar-refractivity contribution is -0.00369. The minimum atomic E-state index is -1.18. The maximum Gasteiger partial charge on any atom is 0.142 e. The molecule has 1 unspecified atom stereocenters. The van der Waals surface area contributed by atoms with E-state index in [1.54, 1.807) is 25.1 Å². The first-order valence-electron chi connectivity index (χ1n) is 4.41. The SMILES string of the molecule is CN(C)C(O)([Si])Cc1ccc(Cl)c(F)c1. The van der Waals surface area contributed by atoms with Crippen LogP contribution in [0.3, 0.4) is 0 Å². The van der Waals surface area contributed by atoms with Gasteiger partial charge in [0.05, 0.1) is 15.3 Å². The van der Waals surface area contributed by atoms with E-state index in [2.05, 4.69) is 10.2 Å². The second-order valence-electron chi connectivity index (χ2n) is 3.64. The normalized spacial score (nSPS) is 15.4. The molecule has 0 amide bonds. The average Bonchev–Trinajstić information content (AvgIpc) is 2.10. The van der Waals surface area contributed by atoms with Gasteiger partial charge in [-0.3, -0.25) is 4.90 Å². The van der Waals surface area contributed by atoms with Crippen LogP contribution < -0.4 is 0 Å². The summed E-state index contributed by atoms with van der Waals surface area (Å²) in [5.74, 6) is -0.476. The van der Waals surface area contributed by atoms with E-state index < -0.39 is 11.2 Å². The van der Waals surface area contributed by atoms with Crippen molar-refractivity contribution in [2.75, 3.05) is 14.1 Å². The highest BCUT2D eigenvalue weighted by atomic mass is 35.5. The minimum Gasteiger partial charge on any atom is -0.380 e. The van der Waals surface area contributed by atoms with Crippen molar-refractivity contribution in [3.63, 3.8) is 0 Å². The quantitative estimate of drug-likeness (QED) is 0.642. The molecule has 3 radical (unpaired) electrons. The van der Waals surface area contributed by atoms with Crippen molar-refractivity contribution in [1.29, 1.82) is 0 Å². The smallest absolute Gasteiger partial charge is 0.142 e. The van der Waals surface area contributed by atoms with Crippen LogP contribution in [0, 0.1) is 5.82 Å². The van der Waals surface area contributed by atoms with Crippen molar-refractivity contribution in [2.24, 2.45) is 0 Å². The first-order chi connectivity index (χ1) is 6.83. The minimum absolute atomic E-state index is 0.0844. The van der Waals surface area contributed by atoms with Gasteiger partial charge in [-0.05, 0) is 31.8 Å². The molecule has 15 heavy (non-hydrogen) atoms. The van der Waals surface area contributed by atoms with Gasteiger partial charge < -0.3 is 5.11 Å². The van der Waals surface area contributed by atoms with Crippen LogP contribution in [-0.4, -0.2) is 39.7 Å². The lowest BCUT2D eigenvalue weighted by Gasteiger charge is -2.31. The Balaban J connectivity index is 2.86. The Bertz CT molecular complexity index is 357. The van der Waals surface area contributed by atoms with E-state index in [-0.39, 0.29) is 11.4 Å². The van der Waals surface area contributed by atoms with Gasteiger partial charge in [0.25, 0.3) is 0 Å². The zero-order chi connectivity index (χ0) is 11.6. The lowest BCUT2D eigenvalue weighted by atomic mass is 10.1. The zero-order valence-corrected chi connectivity index (χ0v) is 10.3. The monoisotopic (exact) mass is 244 g/mol. The highest BCUT2D eigenvalue weighted by Gasteiger charge is 2.23. The number of hydrogen-bond donors (Lipinski definition) is 1. The summed E-state index contributed by atoms with van der Waals surface area (Å²) in [5, 5.41) is 8.79. The molecule has 0 heterocycles. The molecule has 0 saturated carbocycles. The molecule has 0 aliphatic heterocycles. The Hall–Kier alpha value is -0.423. The highest BCUT2D eigenvalue weighted by molar-refractivity contribution is 6.30. The van der Waals surface area contributed by atoms with Crippen LogP contribution in [0.5, 0.6) is 0 Å². The van der Waals surface area contributed by atoms with Gasteiger partial charge in [-0.2, -0.15) is 0 Å². The number of aliphatic hydroxyl groups is 1. The fourth-order valence-corrected chi connectivity index (χ4v) is 1.41. The Morgan fingerprint density at radius 3 is 2.60 bits per heavy atom. The van der Waals surface area contributed by atoms with E-state index >= 15 is 0 Å². The average molecular weight is 245 g/mol. The zero-order valence-electron chi connectivity index (χ0n) is 8.59. The lowest BCUT2D eigenvalue weighted by Crippen LogP contribution is -2.46. The van der Waals surface area contributed by atoms with E-state index in [0.717, 1.165) is 0 Å². The van der Waals surface area contributed by atoms with E-state index in [1.165, 1.54) is 12.1 Å². The van der Waals surface area contributed by atoms with Gasteiger partial charge in [-0.25, -0.2) is 4.39 Å². The molecule has 5 heteroatoms. The Labute approximate surface area is 97.1 Å². The molecule has 1 N–H and O–H groups in total. The maximum atomic E-state index is 13.1. The largest absolute Gasteiger partial charge is 0.380 e. The fourth-order valence-electron chi connectivity index (χ4n) is 1.09. The molecule has 81 valence electrons. The topological polar surface area (TPSA) is 23.5 Å². The van der Waals surface area contributed by atoms with Crippen LogP contribution in [0.15, 0.2) is 18.2 Å². The molecule has 1 aromatic rings. The van der Waals surface area contributed by atoms with Gasteiger partial charge >= 0.3 is 0 Å². The summed E-state index contributed by atoms with van der Waals surface area (Å²) in [6, 6.07) is 4.47. The second-order valence-corrected chi connectivity index (χ2v) is 4.84. The number of halogens is 2. The van der Waals surface area contributed by atoms with Gasteiger partial charge in [-0.15, -0.1) is 0 Å². The van der Waals surface area contributed by atoms with E-state index in [0.29, 0.717) is 5.56 Å². The number of benzene rings is 1. The predicted molar refractivity (Wildman–Crippen MR) is 59.5 cm³/mol. The van der Waals surface area contributed by atoms with Crippen LogP contribution in [0.4, 0.5) is 4.39 Å². The molecule has 0 aliphatic rings. The Kier molecular flexibility index (Phi) is 3.89. The molecular weight excluding hydrogens is 233 g/mol. The van der Waals surface area contributed by atoms with E-state index in [9.17, 15) is 9.50 Å². The number of rotatable bonds is 3. The molecule has 1 rings (SSSR count). The third-order valence-corrected chi connectivity index (χ3v) is 3.10. The predicted octanol–water partition coefficient (Wildman–Crippen LogP) is 1.40. The summed E-state index contributed by atoms with van der Waals surface area (Å²) in [4.78, 5) is 1.59. The van der Waals surface area contributed by atoms with Gasteiger partial charge in [0.15, 0.2) is 0 Å². The van der Waals surface area contributed by atoms with Gasteiger partial charge in [0.1, 0.15) is 11.2 Å². The maximum absolute atomic E-state index is 13.1. The number of nitrogens with zero attached hydrogens (tertiary/aromatic N) is 1. The first-order valence-corrected chi connectivity index (χ1v) is 5.29. The molecule has 1 atom stereocenters. The summed E-state index contributed by atoms with van der Waals surface area (Å²) in [5.41, 5.74) is 0.670. The second kappa shape index (κ2) is 4.61. The molecule has 0 aromatic heterocycles.